The SMILES string of the molecule is CCN(CC)S(=O)(=O)c1cc(C(=O)OCC(=O)N[C@@H](C)C(C)C)ccc1C. The molecule has 0 spiro atoms. The Bertz CT molecular complexity index is 770. The quantitative estimate of drug-likeness (QED) is 0.645. The van der Waals surface area contributed by atoms with Gasteiger partial charge in [-0.3, -0.25) is 4.79 Å². The van der Waals surface area contributed by atoms with Gasteiger partial charge in [0.1, 0.15) is 0 Å². The first-order chi connectivity index (χ1) is 12.5. The third-order valence-corrected chi connectivity index (χ3v) is 6.66. The van der Waals surface area contributed by atoms with Crippen LogP contribution in [-0.4, -0.2) is 50.3 Å². The second kappa shape index (κ2) is 9.85. The highest BCUT2D eigenvalue weighted by atomic mass is 32.2. The third-order valence-electron chi connectivity index (χ3n) is 4.47. The first-order valence-electron chi connectivity index (χ1n) is 9.11. The van der Waals surface area contributed by atoms with Gasteiger partial charge in [0, 0.05) is 19.1 Å². The fraction of sp³-hybridized carbons (Fsp3) is 0.579. The molecule has 0 radical (unpaired) electrons. The van der Waals surface area contributed by atoms with E-state index in [1.165, 1.54) is 16.4 Å². The van der Waals surface area contributed by atoms with Crippen molar-refractivity contribution in [3.63, 3.8) is 0 Å². The predicted molar refractivity (Wildman–Crippen MR) is 104 cm³/mol. The summed E-state index contributed by atoms with van der Waals surface area (Å²) >= 11 is 0. The van der Waals surface area contributed by atoms with Crippen LogP contribution in [-0.2, 0) is 19.6 Å². The number of esters is 1. The van der Waals surface area contributed by atoms with E-state index < -0.39 is 28.5 Å². The molecule has 1 N–H and O–H groups in total. The maximum Gasteiger partial charge on any atom is 0.338 e. The Morgan fingerprint density at radius 2 is 1.74 bits per heavy atom. The lowest BCUT2D eigenvalue weighted by atomic mass is 10.1. The van der Waals surface area contributed by atoms with Crippen molar-refractivity contribution in [2.75, 3.05) is 19.7 Å². The van der Waals surface area contributed by atoms with Crippen LogP contribution in [0, 0.1) is 12.8 Å². The number of amides is 1. The van der Waals surface area contributed by atoms with Gasteiger partial charge in [-0.1, -0.05) is 33.8 Å². The summed E-state index contributed by atoms with van der Waals surface area (Å²) in [5.74, 6) is -0.874. The van der Waals surface area contributed by atoms with Crippen LogP contribution in [0.15, 0.2) is 23.1 Å². The molecule has 0 aromatic heterocycles. The summed E-state index contributed by atoms with van der Waals surface area (Å²) in [4.78, 5) is 24.2. The number of benzene rings is 1. The van der Waals surface area contributed by atoms with E-state index in [0.29, 0.717) is 18.7 Å². The van der Waals surface area contributed by atoms with Gasteiger partial charge < -0.3 is 10.1 Å². The molecular formula is C19H30N2O5S. The molecule has 0 heterocycles. The average molecular weight is 399 g/mol. The van der Waals surface area contributed by atoms with Crippen LogP contribution >= 0.6 is 0 Å². The summed E-state index contributed by atoms with van der Waals surface area (Å²) < 4.78 is 31.9. The molecule has 0 fully saturated rings. The zero-order valence-electron chi connectivity index (χ0n) is 16.9. The van der Waals surface area contributed by atoms with Crippen molar-refractivity contribution in [2.24, 2.45) is 5.92 Å². The lowest BCUT2D eigenvalue weighted by Gasteiger charge is -2.20. The summed E-state index contributed by atoms with van der Waals surface area (Å²) in [6, 6.07) is 4.32. The molecule has 1 amide bonds. The fourth-order valence-electron chi connectivity index (χ4n) is 2.38. The number of hydrogen-bond donors (Lipinski definition) is 1. The van der Waals surface area contributed by atoms with Gasteiger partial charge >= 0.3 is 5.97 Å². The van der Waals surface area contributed by atoms with Crippen molar-refractivity contribution in [1.82, 2.24) is 9.62 Å². The standard InChI is InChI=1S/C19H30N2O5S/c1-7-21(8-2)27(24,25)17-11-16(10-9-14(17)5)19(23)26-12-18(22)20-15(6)13(3)4/h9-11,13,15H,7-8,12H2,1-6H3,(H,20,22)/t15-/m0/s1. The van der Waals surface area contributed by atoms with Gasteiger partial charge in [0.2, 0.25) is 10.0 Å². The van der Waals surface area contributed by atoms with Crippen LogP contribution in [0.4, 0.5) is 0 Å². The number of hydrogen-bond acceptors (Lipinski definition) is 5. The number of ether oxygens (including phenoxy) is 1. The zero-order chi connectivity index (χ0) is 20.8. The largest absolute Gasteiger partial charge is 0.452 e. The monoisotopic (exact) mass is 398 g/mol. The summed E-state index contributed by atoms with van der Waals surface area (Å²) in [6.07, 6.45) is 0. The number of nitrogens with zero attached hydrogens (tertiary/aromatic N) is 1. The molecule has 1 aromatic carbocycles. The van der Waals surface area contributed by atoms with Crippen LogP contribution in [0.25, 0.3) is 0 Å². The van der Waals surface area contributed by atoms with Gasteiger partial charge in [-0.05, 0) is 37.5 Å². The van der Waals surface area contributed by atoms with Gasteiger partial charge in [0.05, 0.1) is 10.5 Å². The molecule has 0 aliphatic heterocycles. The normalized spacial score (nSPS) is 12.9. The third kappa shape index (κ3) is 6.04. The van der Waals surface area contributed by atoms with Crippen LogP contribution in [0.5, 0.6) is 0 Å². The Labute approximate surface area is 162 Å². The first-order valence-corrected chi connectivity index (χ1v) is 10.6. The van der Waals surface area contributed by atoms with E-state index in [4.69, 9.17) is 4.74 Å². The Kier molecular flexibility index (Phi) is 8.43. The molecule has 7 nitrogen and oxygen atoms in total. The minimum absolute atomic E-state index is 0.0404. The van der Waals surface area contributed by atoms with Gasteiger partial charge in [-0.2, -0.15) is 4.31 Å². The lowest BCUT2D eigenvalue weighted by molar-refractivity contribution is -0.125. The Hall–Kier alpha value is -1.93. The zero-order valence-corrected chi connectivity index (χ0v) is 17.7. The van der Waals surface area contributed by atoms with E-state index in [1.54, 1.807) is 26.8 Å². The van der Waals surface area contributed by atoms with E-state index in [9.17, 15) is 18.0 Å². The number of sulfonamides is 1. The van der Waals surface area contributed by atoms with Gasteiger partial charge in [-0.15, -0.1) is 0 Å². The highest BCUT2D eigenvalue weighted by molar-refractivity contribution is 7.89. The molecule has 0 unspecified atom stereocenters. The van der Waals surface area contributed by atoms with Gasteiger partial charge in [-0.25, -0.2) is 13.2 Å². The number of nitrogens with one attached hydrogen (secondary N) is 1. The maximum absolute atomic E-state index is 12.8. The smallest absolute Gasteiger partial charge is 0.338 e. The van der Waals surface area contributed by atoms with Crippen LogP contribution < -0.4 is 5.32 Å². The highest BCUT2D eigenvalue weighted by Gasteiger charge is 2.25. The van der Waals surface area contributed by atoms with Crippen molar-refractivity contribution in [3.05, 3.63) is 29.3 Å². The van der Waals surface area contributed by atoms with Crippen LogP contribution in [0.1, 0.15) is 50.5 Å². The lowest BCUT2D eigenvalue weighted by Crippen LogP contribution is -2.38. The summed E-state index contributed by atoms with van der Waals surface area (Å²) in [6.45, 7) is 11.3. The van der Waals surface area contributed by atoms with E-state index in [1.807, 2.05) is 20.8 Å². The number of carbonyl (C=O) groups is 2. The molecule has 0 saturated carbocycles. The van der Waals surface area contributed by atoms with Gasteiger partial charge in [0.25, 0.3) is 5.91 Å². The topological polar surface area (TPSA) is 92.8 Å². The fourth-order valence-corrected chi connectivity index (χ4v) is 4.09. The second-order valence-electron chi connectivity index (χ2n) is 6.75. The van der Waals surface area contributed by atoms with E-state index in [0.717, 1.165) is 0 Å². The molecule has 152 valence electrons. The highest BCUT2D eigenvalue weighted by Crippen LogP contribution is 2.21. The molecule has 1 rings (SSSR count). The van der Waals surface area contributed by atoms with Gasteiger partial charge in [0.15, 0.2) is 6.61 Å². The maximum atomic E-state index is 12.8. The van der Waals surface area contributed by atoms with Crippen molar-refractivity contribution in [3.8, 4) is 0 Å². The molecular weight excluding hydrogens is 368 g/mol. The Balaban J connectivity index is 2.93. The summed E-state index contributed by atoms with van der Waals surface area (Å²) in [5, 5.41) is 2.74. The minimum atomic E-state index is -3.70. The van der Waals surface area contributed by atoms with Crippen molar-refractivity contribution < 1.29 is 22.7 Å². The molecule has 27 heavy (non-hydrogen) atoms. The molecule has 0 bridgehead atoms. The molecule has 1 atom stereocenters. The summed E-state index contributed by atoms with van der Waals surface area (Å²) in [7, 11) is -3.70. The minimum Gasteiger partial charge on any atom is -0.452 e. The van der Waals surface area contributed by atoms with E-state index >= 15 is 0 Å². The second-order valence-corrected chi connectivity index (χ2v) is 8.65. The van der Waals surface area contributed by atoms with Crippen LogP contribution in [0.3, 0.4) is 0 Å². The number of rotatable bonds is 9. The van der Waals surface area contributed by atoms with Crippen LogP contribution in [0.2, 0.25) is 0 Å². The van der Waals surface area contributed by atoms with E-state index in [2.05, 4.69) is 5.32 Å². The van der Waals surface area contributed by atoms with Crippen molar-refractivity contribution in [1.29, 1.82) is 0 Å². The molecule has 8 heteroatoms. The first kappa shape index (κ1) is 23.1. The Morgan fingerprint density at radius 1 is 1.15 bits per heavy atom. The van der Waals surface area contributed by atoms with E-state index in [-0.39, 0.29) is 22.4 Å². The molecule has 0 aliphatic rings. The Morgan fingerprint density at radius 3 is 2.26 bits per heavy atom. The predicted octanol–water partition coefficient (Wildman–Crippen LogP) is 2.34. The molecule has 0 aliphatic carbocycles. The number of aryl methyl sites for hydroxylation is 1. The van der Waals surface area contributed by atoms with Crippen molar-refractivity contribution >= 4 is 21.9 Å². The number of carbonyl (C=O) groups excluding carboxylic acids is 2. The van der Waals surface area contributed by atoms with Crippen molar-refractivity contribution in [2.45, 2.75) is 52.5 Å². The molecule has 0 saturated heterocycles. The molecule has 1 aromatic rings. The average Bonchev–Trinajstić information content (AvgIpc) is 2.60. The summed E-state index contributed by atoms with van der Waals surface area (Å²) in [5.41, 5.74) is 0.637.